The lowest BCUT2D eigenvalue weighted by Crippen LogP contribution is -2.27. The third-order valence-electron chi connectivity index (χ3n) is 3.36. The van der Waals surface area contributed by atoms with Gasteiger partial charge in [0.25, 0.3) is 0 Å². The molecule has 0 unspecified atom stereocenters. The van der Waals surface area contributed by atoms with Gasteiger partial charge < -0.3 is 4.74 Å². The van der Waals surface area contributed by atoms with Crippen LogP contribution in [0.4, 0.5) is 0 Å². The molecule has 1 aromatic rings. The van der Waals surface area contributed by atoms with E-state index in [9.17, 15) is 0 Å². The van der Waals surface area contributed by atoms with E-state index in [4.69, 9.17) is 4.74 Å². The summed E-state index contributed by atoms with van der Waals surface area (Å²) in [6.07, 6.45) is 5.19. The van der Waals surface area contributed by atoms with Gasteiger partial charge in [-0.3, -0.25) is 0 Å². The maximum atomic E-state index is 5.89. The summed E-state index contributed by atoms with van der Waals surface area (Å²) in [4.78, 5) is 0. The second kappa shape index (κ2) is 5.63. The van der Waals surface area contributed by atoms with E-state index in [1.807, 2.05) is 12.1 Å². The second-order valence-corrected chi connectivity index (χ2v) is 6.17. The van der Waals surface area contributed by atoms with Crippen LogP contribution in [0.1, 0.15) is 25.7 Å². The van der Waals surface area contributed by atoms with Gasteiger partial charge in [-0.1, -0.05) is 12.8 Å². The molecular formula is C13H17IOS. The molecule has 0 aromatic heterocycles. The molecule has 0 N–H and O–H groups in total. The molecule has 0 heterocycles. The highest BCUT2D eigenvalue weighted by Gasteiger charge is 2.33. The van der Waals surface area contributed by atoms with Gasteiger partial charge in [0.15, 0.2) is 0 Å². The first-order valence-electron chi connectivity index (χ1n) is 5.73. The predicted molar refractivity (Wildman–Crippen MR) is 79.4 cm³/mol. The molecule has 0 aliphatic heterocycles. The number of ether oxygens (including phenoxy) is 1. The Morgan fingerprint density at radius 3 is 2.38 bits per heavy atom. The van der Waals surface area contributed by atoms with Gasteiger partial charge in [0.2, 0.25) is 0 Å². The van der Waals surface area contributed by atoms with Gasteiger partial charge >= 0.3 is 0 Å². The first kappa shape index (κ1) is 12.6. The number of hydrogen-bond donors (Lipinski definition) is 1. The maximum absolute atomic E-state index is 5.89. The summed E-state index contributed by atoms with van der Waals surface area (Å²) in [6.45, 7) is 0.817. The lowest BCUT2D eigenvalue weighted by atomic mass is 9.90. The molecule has 1 fully saturated rings. The topological polar surface area (TPSA) is 9.23 Å². The molecule has 0 saturated heterocycles. The third kappa shape index (κ3) is 3.06. The third-order valence-corrected chi connectivity index (χ3v) is 4.75. The van der Waals surface area contributed by atoms with Crippen LogP contribution in [-0.2, 0) is 0 Å². The molecule has 88 valence electrons. The van der Waals surface area contributed by atoms with Crippen LogP contribution in [0.25, 0.3) is 0 Å². The number of halogens is 1. The lowest BCUT2D eigenvalue weighted by molar-refractivity contribution is 0.173. The molecule has 16 heavy (non-hydrogen) atoms. The van der Waals surface area contributed by atoms with Crippen LogP contribution in [-0.4, -0.2) is 12.4 Å². The quantitative estimate of drug-likeness (QED) is 0.635. The summed E-state index contributed by atoms with van der Waals surface area (Å²) >= 11 is 6.79. The number of rotatable bonds is 4. The van der Waals surface area contributed by atoms with E-state index in [2.05, 4.69) is 47.4 Å². The van der Waals surface area contributed by atoms with Crippen LogP contribution >= 0.6 is 35.2 Å². The van der Waals surface area contributed by atoms with Crippen molar-refractivity contribution in [2.75, 3.05) is 12.4 Å². The van der Waals surface area contributed by atoms with Crippen molar-refractivity contribution in [1.29, 1.82) is 0 Å². The van der Waals surface area contributed by atoms with Crippen molar-refractivity contribution in [3.8, 4) is 5.75 Å². The Hall–Kier alpha value is 0.1000. The molecule has 0 atom stereocenters. The van der Waals surface area contributed by atoms with E-state index in [-0.39, 0.29) is 0 Å². The highest BCUT2D eigenvalue weighted by Crippen LogP contribution is 2.39. The van der Waals surface area contributed by atoms with E-state index < -0.39 is 0 Å². The number of hydrogen-bond acceptors (Lipinski definition) is 2. The first-order valence-corrected chi connectivity index (χ1v) is 7.44. The van der Waals surface area contributed by atoms with Crippen LogP contribution in [0.3, 0.4) is 0 Å². The van der Waals surface area contributed by atoms with Gasteiger partial charge in [0.1, 0.15) is 5.75 Å². The minimum Gasteiger partial charge on any atom is -0.493 e. The summed E-state index contributed by atoms with van der Waals surface area (Å²) in [6, 6.07) is 8.25. The fourth-order valence-corrected chi connectivity index (χ4v) is 3.01. The van der Waals surface area contributed by atoms with Crippen molar-refractivity contribution in [2.24, 2.45) is 5.41 Å². The Kier molecular flexibility index (Phi) is 4.41. The molecule has 1 saturated carbocycles. The molecule has 0 amide bonds. The van der Waals surface area contributed by atoms with Crippen molar-refractivity contribution >= 4 is 35.2 Å². The van der Waals surface area contributed by atoms with E-state index in [0.29, 0.717) is 5.41 Å². The van der Waals surface area contributed by atoms with Crippen LogP contribution in [0.5, 0.6) is 5.75 Å². The van der Waals surface area contributed by atoms with Crippen molar-refractivity contribution in [2.45, 2.75) is 25.7 Å². The number of benzene rings is 1. The molecule has 1 aromatic carbocycles. The SMILES string of the molecule is SCC1(COc2ccc(I)cc2)CCCC1. The van der Waals surface area contributed by atoms with Crippen LogP contribution < -0.4 is 4.74 Å². The van der Waals surface area contributed by atoms with Crippen LogP contribution in [0, 0.1) is 8.99 Å². The standard InChI is InChI=1S/C13H17IOS/c14-11-3-5-12(6-4-11)15-9-13(10-16)7-1-2-8-13/h3-6,16H,1-2,7-10H2. The number of thiol groups is 1. The van der Waals surface area contributed by atoms with Crippen molar-refractivity contribution in [3.05, 3.63) is 27.8 Å². The van der Waals surface area contributed by atoms with Crippen molar-refractivity contribution < 1.29 is 4.74 Å². The minimum absolute atomic E-state index is 0.326. The van der Waals surface area contributed by atoms with Gasteiger partial charge in [-0.15, -0.1) is 0 Å². The molecule has 3 heteroatoms. The van der Waals surface area contributed by atoms with Crippen LogP contribution in [0.15, 0.2) is 24.3 Å². The summed E-state index contributed by atoms with van der Waals surface area (Å²) in [7, 11) is 0. The maximum Gasteiger partial charge on any atom is 0.119 e. The molecular weight excluding hydrogens is 331 g/mol. The monoisotopic (exact) mass is 348 g/mol. The molecule has 2 rings (SSSR count). The molecule has 0 bridgehead atoms. The summed E-state index contributed by atoms with van der Waals surface area (Å²) in [5.74, 6) is 1.92. The first-order chi connectivity index (χ1) is 7.74. The van der Waals surface area contributed by atoms with Gasteiger partial charge in [-0.25, -0.2) is 0 Å². The fourth-order valence-electron chi connectivity index (χ4n) is 2.24. The Morgan fingerprint density at radius 1 is 1.19 bits per heavy atom. The predicted octanol–water partition coefficient (Wildman–Crippen LogP) is 4.16. The highest BCUT2D eigenvalue weighted by molar-refractivity contribution is 14.1. The Balaban J connectivity index is 1.93. The zero-order chi connectivity index (χ0) is 11.4. The second-order valence-electron chi connectivity index (χ2n) is 4.61. The zero-order valence-corrected chi connectivity index (χ0v) is 12.3. The average molecular weight is 348 g/mol. The summed E-state index contributed by atoms with van der Waals surface area (Å²) in [5.41, 5.74) is 0.326. The molecule has 1 aliphatic rings. The zero-order valence-electron chi connectivity index (χ0n) is 9.29. The van der Waals surface area contributed by atoms with Crippen molar-refractivity contribution in [1.82, 2.24) is 0 Å². The average Bonchev–Trinajstić information content (AvgIpc) is 2.78. The lowest BCUT2D eigenvalue weighted by Gasteiger charge is -2.26. The summed E-state index contributed by atoms with van der Waals surface area (Å²) in [5, 5.41) is 0. The normalized spacial score (nSPS) is 18.6. The van der Waals surface area contributed by atoms with E-state index in [1.165, 1.54) is 29.3 Å². The summed E-state index contributed by atoms with van der Waals surface area (Å²) < 4.78 is 7.13. The van der Waals surface area contributed by atoms with Gasteiger partial charge in [-0.05, 0) is 65.5 Å². The van der Waals surface area contributed by atoms with Gasteiger partial charge in [0, 0.05) is 8.99 Å². The minimum atomic E-state index is 0.326. The highest BCUT2D eigenvalue weighted by atomic mass is 127. The molecule has 0 radical (unpaired) electrons. The molecule has 0 spiro atoms. The Bertz CT molecular complexity index is 330. The molecule has 1 nitrogen and oxygen atoms in total. The van der Waals surface area contributed by atoms with Gasteiger partial charge in [0.05, 0.1) is 6.61 Å². The smallest absolute Gasteiger partial charge is 0.119 e. The van der Waals surface area contributed by atoms with E-state index >= 15 is 0 Å². The largest absolute Gasteiger partial charge is 0.493 e. The van der Waals surface area contributed by atoms with Gasteiger partial charge in [-0.2, -0.15) is 12.6 Å². The van der Waals surface area contributed by atoms with E-state index in [1.54, 1.807) is 0 Å². The van der Waals surface area contributed by atoms with E-state index in [0.717, 1.165) is 18.1 Å². The Labute approximate surface area is 117 Å². The molecule has 1 aliphatic carbocycles. The van der Waals surface area contributed by atoms with Crippen LogP contribution in [0.2, 0.25) is 0 Å². The Morgan fingerprint density at radius 2 is 1.81 bits per heavy atom. The van der Waals surface area contributed by atoms with Crippen molar-refractivity contribution in [3.63, 3.8) is 0 Å². The fraction of sp³-hybridized carbons (Fsp3) is 0.538.